The number of ketones is 1. The SMILES string of the molecule is C/C=C(\C)C1CC2(C)C(C)CCCC2C(=O)C1OC. The molecule has 0 aromatic rings. The van der Waals surface area contributed by atoms with Crippen molar-refractivity contribution in [1.29, 1.82) is 0 Å². The van der Waals surface area contributed by atoms with Gasteiger partial charge in [0, 0.05) is 18.9 Å². The number of rotatable bonds is 2. The number of carbonyl (C=O) groups is 1. The molecular weight excluding hydrogens is 236 g/mol. The number of Topliss-reactive ketones (excluding diaryl/α,β-unsaturated/α-hetero) is 1. The van der Waals surface area contributed by atoms with E-state index in [4.69, 9.17) is 4.74 Å². The van der Waals surface area contributed by atoms with Crippen LogP contribution in [0, 0.1) is 23.2 Å². The van der Waals surface area contributed by atoms with Gasteiger partial charge in [0.1, 0.15) is 6.10 Å². The zero-order chi connectivity index (χ0) is 14.2. The van der Waals surface area contributed by atoms with Gasteiger partial charge in [-0.25, -0.2) is 0 Å². The fourth-order valence-electron chi connectivity index (χ4n) is 4.31. The van der Waals surface area contributed by atoms with Gasteiger partial charge >= 0.3 is 0 Å². The zero-order valence-corrected chi connectivity index (χ0v) is 13.0. The normalized spacial score (nSPS) is 44.1. The van der Waals surface area contributed by atoms with Gasteiger partial charge in [0.05, 0.1) is 0 Å². The Kier molecular flexibility index (Phi) is 4.20. The van der Waals surface area contributed by atoms with Crippen molar-refractivity contribution in [3.8, 4) is 0 Å². The molecule has 5 atom stereocenters. The molecule has 5 unspecified atom stereocenters. The largest absolute Gasteiger partial charge is 0.373 e. The van der Waals surface area contributed by atoms with Crippen LogP contribution in [0.5, 0.6) is 0 Å². The predicted molar refractivity (Wildman–Crippen MR) is 78.0 cm³/mol. The number of methoxy groups -OCH3 is 1. The van der Waals surface area contributed by atoms with Crippen molar-refractivity contribution >= 4 is 5.78 Å². The third-order valence-corrected chi connectivity index (χ3v) is 5.99. The van der Waals surface area contributed by atoms with Gasteiger partial charge in [0.2, 0.25) is 0 Å². The van der Waals surface area contributed by atoms with Crippen LogP contribution >= 0.6 is 0 Å². The maximum atomic E-state index is 12.8. The molecule has 0 radical (unpaired) electrons. The Morgan fingerprint density at radius 1 is 1.42 bits per heavy atom. The van der Waals surface area contributed by atoms with Gasteiger partial charge in [-0.3, -0.25) is 4.79 Å². The second-order valence-electron chi connectivity index (χ2n) is 6.79. The molecular formula is C17H28O2. The molecule has 0 aromatic heterocycles. The van der Waals surface area contributed by atoms with Gasteiger partial charge in [-0.1, -0.05) is 38.3 Å². The third kappa shape index (κ3) is 2.29. The molecule has 0 amide bonds. The van der Waals surface area contributed by atoms with Gasteiger partial charge in [0.15, 0.2) is 5.78 Å². The maximum Gasteiger partial charge on any atom is 0.165 e. The molecule has 19 heavy (non-hydrogen) atoms. The molecule has 0 aromatic carbocycles. The average Bonchev–Trinajstić information content (AvgIpc) is 2.40. The standard InChI is InChI=1S/C17H28O2/c1-6-11(2)13-10-17(4)12(3)8-7-9-14(17)15(18)16(13)19-5/h6,12-14,16H,7-10H2,1-5H3/b11-6+. The molecule has 0 spiro atoms. The summed E-state index contributed by atoms with van der Waals surface area (Å²) >= 11 is 0. The Morgan fingerprint density at radius 3 is 2.68 bits per heavy atom. The highest BCUT2D eigenvalue weighted by atomic mass is 16.5. The topological polar surface area (TPSA) is 26.3 Å². The lowest BCUT2D eigenvalue weighted by Crippen LogP contribution is -2.54. The summed E-state index contributed by atoms with van der Waals surface area (Å²) in [4.78, 5) is 12.8. The summed E-state index contributed by atoms with van der Waals surface area (Å²) in [7, 11) is 1.69. The molecule has 2 heteroatoms. The number of allylic oxidation sites excluding steroid dienone is 1. The van der Waals surface area contributed by atoms with E-state index >= 15 is 0 Å². The lowest BCUT2D eigenvalue weighted by Gasteiger charge is -2.53. The van der Waals surface area contributed by atoms with Crippen molar-refractivity contribution in [3.63, 3.8) is 0 Å². The van der Waals surface area contributed by atoms with Crippen molar-refractivity contribution in [1.82, 2.24) is 0 Å². The summed E-state index contributed by atoms with van der Waals surface area (Å²) in [5.41, 5.74) is 1.47. The van der Waals surface area contributed by atoms with Gasteiger partial charge in [0.25, 0.3) is 0 Å². The van der Waals surface area contributed by atoms with E-state index in [1.54, 1.807) is 7.11 Å². The number of hydrogen-bond donors (Lipinski definition) is 0. The molecule has 2 fully saturated rings. The molecule has 0 heterocycles. The maximum absolute atomic E-state index is 12.8. The third-order valence-electron chi connectivity index (χ3n) is 5.99. The summed E-state index contributed by atoms with van der Waals surface area (Å²) < 4.78 is 5.58. The van der Waals surface area contributed by atoms with Crippen molar-refractivity contribution < 1.29 is 9.53 Å². The first kappa shape index (κ1) is 14.8. The number of ether oxygens (including phenoxy) is 1. The van der Waals surface area contributed by atoms with Crippen LogP contribution in [0.2, 0.25) is 0 Å². The highest BCUT2D eigenvalue weighted by Gasteiger charge is 2.53. The molecule has 2 aliphatic rings. The first-order valence-electron chi connectivity index (χ1n) is 7.65. The van der Waals surface area contributed by atoms with E-state index in [0.29, 0.717) is 11.7 Å². The number of carbonyl (C=O) groups excluding carboxylic acids is 1. The van der Waals surface area contributed by atoms with E-state index in [2.05, 4.69) is 33.8 Å². The minimum atomic E-state index is -0.223. The quantitative estimate of drug-likeness (QED) is 0.705. The molecule has 2 rings (SSSR count). The van der Waals surface area contributed by atoms with E-state index in [-0.39, 0.29) is 23.4 Å². The number of fused-ring (bicyclic) bond motifs is 1. The Labute approximate surface area is 117 Å². The van der Waals surface area contributed by atoms with Gasteiger partial charge in [-0.15, -0.1) is 0 Å². The lowest BCUT2D eigenvalue weighted by molar-refractivity contribution is -0.154. The predicted octanol–water partition coefficient (Wildman–Crippen LogP) is 4.00. The van der Waals surface area contributed by atoms with E-state index in [0.717, 1.165) is 12.8 Å². The first-order valence-corrected chi connectivity index (χ1v) is 7.65. The second-order valence-corrected chi connectivity index (χ2v) is 6.79. The van der Waals surface area contributed by atoms with Gasteiger partial charge in [-0.05, 0) is 38.0 Å². The fourth-order valence-corrected chi connectivity index (χ4v) is 4.31. The molecule has 0 bridgehead atoms. The smallest absolute Gasteiger partial charge is 0.165 e. The van der Waals surface area contributed by atoms with Crippen molar-refractivity contribution in [2.24, 2.45) is 23.2 Å². The molecule has 0 N–H and O–H groups in total. The Morgan fingerprint density at radius 2 is 2.11 bits per heavy atom. The summed E-state index contributed by atoms with van der Waals surface area (Å²) in [5, 5.41) is 0. The summed E-state index contributed by atoms with van der Waals surface area (Å²) in [5.74, 6) is 1.47. The summed E-state index contributed by atoms with van der Waals surface area (Å²) in [6.45, 7) is 8.86. The van der Waals surface area contributed by atoms with E-state index < -0.39 is 0 Å². The van der Waals surface area contributed by atoms with Crippen LogP contribution in [0.1, 0.15) is 53.4 Å². The average molecular weight is 264 g/mol. The minimum Gasteiger partial charge on any atom is -0.373 e. The summed E-state index contributed by atoms with van der Waals surface area (Å²) in [6, 6.07) is 0. The first-order chi connectivity index (χ1) is 8.95. The molecule has 2 saturated carbocycles. The van der Waals surface area contributed by atoms with E-state index in [1.165, 1.54) is 18.4 Å². The monoisotopic (exact) mass is 264 g/mol. The minimum absolute atomic E-state index is 0.166. The Balaban J connectivity index is 2.37. The van der Waals surface area contributed by atoms with Crippen LogP contribution in [-0.4, -0.2) is 19.0 Å². The van der Waals surface area contributed by atoms with Crippen molar-refractivity contribution in [3.05, 3.63) is 11.6 Å². The Hall–Kier alpha value is -0.630. The molecule has 0 aliphatic heterocycles. The highest BCUT2D eigenvalue weighted by molar-refractivity contribution is 5.88. The van der Waals surface area contributed by atoms with Crippen molar-refractivity contribution in [2.75, 3.05) is 7.11 Å². The van der Waals surface area contributed by atoms with Crippen molar-refractivity contribution in [2.45, 2.75) is 59.5 Å². The van der Waals surface area contributed by atoms with Crippen LogP contribution in [0.25, 0.3) is 0 Å². The summed E-state index contributed by atoms with van der Waals surface area (Å²) in [6.07, 6.45) is 6.53. The van der Waals surface area contributed by atoms with Crippen LogP contribution in [0.4, 0.5) is 0 Å². The second kappa shape index (κ2) is 5.40. The lowest BCUT2D eigenvalue weighted by atomic mass is 9.52. The van der Waals surface area contributed by atoms with E-state index in [9.17, 15) is 4.79 Å². The van der Waals surface area contributed by atoms with Gasteiger partial charge in [-0.2, -0.15) is 0 Å². The van der Waals surface area contributed by atoms with E-state index in [1.807, 2.05) is 0 Å². The van der Waals surface area contributed by atoms with Gasteiger partial charge < -0.3 is 4.74 Å². The highest BCUT2D eigenvalue weighted by Crippen LogP contribution is 2.54. The van der Waals surface area contributed by atoms with Crippen LogP contribution in [0.15, 0.2) is 11.6 Å². The van der Waals surface area contributed by atoms with Crippen LogP contribution in [0.3, 0.4) is 0 Å². The molecule has 108 valence electrons. The Bertz CT molecular complexity index is 385. The molecule has 2 nitrogen and oxygen atoms in total. The van der Waals surface area contributed by atoms with Crippen LogP contribution < -0.4 is 0 Å². The molecule has 2 aliphatic carbocycles. The zero-order valence-electron chi connectivity index (χ0n) is 13.0. The number of hydrogen-bond acceptors (Lipinski definition) is 2. The molecule has 0 saturated heterocycles. The fraction of sp³-hybridized carbons (Fsp3) is 0.824. The van der Waals surface area contributed by atoms with Crippen LogP contribution in [-0.2, 0) is 9.53 Å².